The van der Waals surface area contributed by atoms with Gasteiger partial charge in [0.25, 0.3) is 0 Å². The first kappa shape index (κ1) is 18.2. The van der Waals surface area contributed by atoms with E-state index in [9.17, 15) is 9.59 Å². The van der Waals surface area contributed by atoms with Crippen LogP contribution < -0.4 is 11.1 Å². The molecule has 0 aromatic carbocycles. The highest BCUT2D eigenvalue weighted by Gasteiger charge is 2.30. The van der Waals surface area contributed by atoms with Crippen LogP contribution in [0.15, 0.2) is 0 Å². The minimum atomic E-state index is -0.0655. The first-order valence-electron chi connectivity index (χ1n) is 9.37. The van der Waals surface area contributed by atoms with Gasteiger partial charge in [0.05, 0.1) is 5.92 Å². The van der Waals surface area contributed by atoms with Crippen molar-refractivity contribution in [3.05, 3.63) is 0 Å². The second-order valence-electron chi connectivity index (χ2n) is 7.34. The Hall–Kier alpha value is -1.10. The van der Waals surface area contributed by atoms with Crippen LogP contribution in [0.1, 0.15) is 58.3 Å². The van der Waals surface area contributed by atoms with E-state index in [4.69, 9.17) is 5.73 Å². The van der Waals surface area contributed by atoms with Crippen LogP contribution in [0.4, 0.5) is 0 Å². The molecule has 2 amide bonds. The highest BCUT2D eigenvalue weighted by molar-refractivity contribution is 5.81. The summed E-state index contributed by atoms with van der Waals surface area (Å²) in [7, 11) is 0. The van der Waals surface area contributed by atoms with Crippen molar-refractivity contribution in [1.29, 1.82) is 0 Å². The first-order chi connectivity index (χ1) is 11.1. The number of hydrogen-bond acceptors (Lipinski definition) is 3. The molecule has 0 spiro atoms. The third kappa shape index (κ3) is 5.48. The van der Waals surface area contributed by atoms with Crippen molar-refractivity contribution in [2.45, 2.75) is 58.3 Å². The maximum atomic E-state index is 12.6. The van der Waals surface area contributed by atoms with Crippen molar-refractivity contribution in [3.8, 4) is 0 Å². The second-order valence-corrected chi connectivity index (χ2v) is 7.34. The SMILES string of the molecule is CC(CC(=O)N1CCCC(C(=O)NCCN)C1)C1CCCCC1. The highest BCUT2D eigenvalue weighted by Crippen LogP contribution is 2.32. The second kappa shape index (κ2) is 9.26. The Labute approximate surface area is 140 Å². The average Bonchev–Trinajstić information content (AvgIpc) is 2.60. The Balaban J connectivity index is 1.80. The lowest BCUT2D eigenvalue weighted by molar-refractivity contribution is -0.136. The van der Waals surface area contributed by atoms with Gasteiger partial charge in [-0.15, -0.1) is 0 Å². The van der Waals surface area contributed by atoms with Crippen LogP contribution in [-0.4, -0.2) is 42.9 Å². The zero-order valence-corrected chi connectivity index (χ0v) is 14.6. The minimum Gasteiger partial charge on any atom is -0.355 e. The van der Waals surface area contributed by atoms with Gasteiger partial charge in [0, 0.05) is 32.6 Å². The average molecular weight is 323 g/mol. The molecule has 2 unspecified atom stereocenters. The molecule has 5 nitrogen and oxygen atoms in total. The minimum absolute atomic E-state index is 0.0493. The number of hydrogen-bond donors (Lipinski definition) is 2. The lowest BCUT2D eigenvalue weighted by Gasteiger charge is -2.34. The molecule has 1 saturated heterocycles. The van der Waals surface area contributed by atoms with Crippen LogP contribution in [0.3, 0.4) is 0 Å². The topological polar surface area (TPSA) is 75.4 Å². The van der Waals surface area contributed by atoms with Gasteiger partial charge >= 0.3 is 0 Å². The number of rotatable bonds is 6. The number of piperidine rings is 1. The number of nitrogens with one attached hydrogen (secondary N) is 1. The monoisotopic (exact) mass is 323 g/mol. The fourth-order valence-electron chi connectivity index (χ4n) is 4.03. The van der Waals surface area contributed by atoms with Crippen molar-refractivity contribution in [1.82, 2.24) is 10.2 Å². The van der Waals surface area contributed by atoms with Crippen LogP contribution in [0, 0.1) is 17.8 Å². The molecule has 0 radical (unpaired) electrons. The van der Waals surface area contributed by atoms with E-state index in [1.165, 1.54) is 32.1 Å². The van der Waals surface area contributed by atoms with Gasteiger partial charge in [-0.05, 0) is 24.7 Å². The van der Waals surface area contributed by atoms with Gasteiger partial charge in [0.1, 0.15) is 0 Å². The molecule has 1 aliphatic carbocycles. The molecule has 132 valence electrons. The lowest BCUT2D eigenvalue weighted by atomic mass is 9.79. The molecule has 1 saturated carbocycles. The standard InChI is InChI=1S/C18H33N3O2/c1-14(15-6-3-2-4-7-15)12-17(22)21-11-5-8-16(13-21)18(23)20-10-9-19/h14-16H,2-13,19H2,1H3,(H,20,23). The van der Waals surface area contributed by atoms with Crippen molar-refractivity contribution < 1.29 is 9.59 Å². The van der Waals surface area contributed by atoms with Gasteiger partial charge in [-0.2, -0.15) is 0 Å². The quantitative estimate of drug-likeness (QED) is 0.784. The van der Waals surface area contributed by atoms with E-state index in [0.29, 0.717) is 37.9 Å². The summed E-state index contributed by atoms with van der Waals surface area (Å²) >= 11 is 0. The predicted molar refractivity (Wildman–Crippen MR) is 91.7 cm³/mol. The molecule has 5 heteroatoms. The maximum absolute atomic E-state index is 12.6. The van der Waals surface area contributed by atoms with Gasteiger partial charge in [0.15, 0.2) is 0 Å². The number of nitrogens with zero attached hydrogens (tertiary/aromatic N) is 1. The fourth-order valence-corrected chi connectivity index (χ4v) is 4.03. The molecule has 0 aromatic rings. The molecule has 0 aromatic heterocycles. The van der Waals surface area contributed by atoms with E-state index >= 15 is 0 Å². The lowest BCUT2D eigenvalue weighted by Crippen LogP contribution is -2.46. The van der Waals surface area contributed by atoms with Gasteiger partial charge in [-0.1, -0.05) is 39.0 Å². The van der Waals surface area contributed by atoms with Gasteiger partial charge < -0.3 is 16.0 Å². The van der Waals surface area contributed by atoms with E-state index < -0.39 is 0 Å². The summed E-state index contributed by atoms with van der Waals surface area (Å²) in [4.78, 5) is 26.6. The van der Waals surface area contributed by atoms with Crippen LogP contribution in [0.5, 0.6) is 0 Å². The van der Waals surface area contributed by atoms with Crippen LogP contribution in [0.25, 0.3) is 0 Å². The summed E-state index contributed by atoms with van der Waals surface area (Å²) < 4.78 is 0. The highest BCUT2D eigenvalue weighted by atomic mass is 16.2. The molecule has 2 aliphatic rings. The van der Waals surface area contributed by atoms with E-state index in [2.05, 4.69) is 12.2 Å². The number of nitrogens with two attached hydrogens (primary N) is 1. The Kier molecular flexibility index (Phi) is 7.34. The number of carbonyl (C=O) groups excluding carboxylic acids is 2. The Bertz CT molecular complexity index is 394. The number of likely N-dealkylation sites (tertiary alicyclic amines) is 1. The molecule has 23 heavy (non-hydrogen) atoms. The third-order valence-electron chi connectivity index (χ3n) is 5.54. The van der Waals surface area contributed by atoms with E-state index in [-0.39, 0.29) is 17.7 Å². The number of carbonyl (C=O) groups is 2. The zero-order valence-electron chi connectivity index (χ0n) is 14.6. The maximum Gasteiger partial charge on any atom is 0.224 e. The van der Waals surface area contributed by atoms with Crippen molar-refractivity contribution in [2.24, 2.45) is 23.5 Å². The van der Waals surface area contributed by atoms with Crippen LogP contribution in [0.2, 0.25) is 0 Å². The molecule has 0 bridgehead atoms. The van der Waals surface area contributed by atoms with Gasteiger partial charge in [0.2, 0.25) is 11.8 Å². The Morgan fingerprint density at radius 3 is 2.61 bits per heavy atom. The molecule has 2 rings (SSSR count). The molecular formula is C18H33N3O2. The Morgan fingerprint density at radius 1 is 1.17 bits per heavy atom. The summed E-state index contributed by atoms with van der Waals surface area (Å²) in [6.07, 6.45) is 8.97. The summed E-state index contributed by atoms with van der Waals surface area (Å²) in [5, 5.41) is 2.85. The first-order valence-corrected chi connectivity index (χ1v) is 9.37. The predicted octanol–water partition coefficient (Wildman–Crippen LogP) is 1.91. The van der Waals surface area contributed by atoms with Gasteiger partial charge in [-0.3, -0.25) is 9.59 Å². The third-order valence-corrected chi connectivity index (χ3v) is 5.54. The molecule has 2 fully saturated rings. The van der Waals surface area contributed by atoms with Gasteiger partial charge in [-0.25, -0.2) is 0 Å². The summed E-state index contributed by atoms with van der Waals surface area (Å²) in [6.45, 7) is 4.58. The molecular weight excluding hydrogens is 290 g/mol. The summed E-state index contributed by atoms with van der Waals surface area (Å²) in [5.74, 6) is 1.40. The molecule has 1 aliphatic heterocycles. The van der Waals surface area contributed by atoms with Crippen LogP contribution in [-0.2, 0) is 9.59 Å². The molecule has 3 N–H and O–H groups in total. The smallest absolute Gasteiger partial charge is 0.224 e. The van der Waals surface area contributed by atoms with Crippen molar-refractivity contribution in [3.63, 3.8) is 0 Å². The molecule has 1 heterocycles. The van der Waals surface area contributed by atoms with E-state index in [1.54, 1.807) is 0 Å². The van der Waals surface area contributed by atoms with Crippen molar-refractivity contribution in [2.75, 3.05) is 26.2 Å². The van der Waals surface area contributed by atoms with E-state index in [0.717, 1.165) is 19.4 Å². The number of amides is 2. The van der Waals surface area contributed by atoms with Crippen LogP contribution >= 0.6 is 0 Å². The van der Waals surface area contributed by atoms with E-state index in [1.807, 2.05) is 4.90 Å². The zero-order chi connectivity index (χ0) is 16.7. The fraction of sp³-hybridized carbons (Fsp3) is 0.889. The van der Waals surface area contributed by atoms with Crippen molar-refractivity contribution >= 4 is 11.8 Å². The summed E-state index contributed by atoms with van der Waals surface area (Å²) in [5.41, 5.74) is 5.43. The normalized spacial score (nSPS) is 24.3. The summed E-state index contributed by atoms with van der Waals surface area (Å²) in [6, 6.07) is 0. The Morgan fingerprint density at radius 2 is 1.91 bits per heavy atom. The largest absolute Gasteiger partial charge is 0.355 e. The molecule has 2 atom stereocenters.